The van der Waals surface area contributed by atoms with Crippen molar-refractivity contribution in [1.29, 1.82) is 0 Å². The van der Waals surface area contributed by atoms with Gasteiger partial charge in [0.1, 0.15) is 0 Å². The van der Waals surface area contributed by atoms with Crippen LogP contribution in [0.1, 0.15) is 6.42 Å². The third kappa shape index (κ3) is 9.65. The molecule has 0 saturated heterocycles. The van der Waals surface area contributed by atoms with E-state index in [-0.39, 0.29) is 0 Å². The Morgan fingerprint density at radius 3 is 2.53 bits per heavy atom. The molecule has 15 heavy (non-hydrogen) atoms. The van der Waals surface area contributed by atoms with Gasteiger partial charge in [-0.15, -0.1) is 0 Å². The minimum atomic E-state index is 0.597. The standard InChI is InChI=1S/C10H24N4O/c1-12-14(3)7-4-6-13(2)8-10-15-9-5-11/h1,4-11H2,2-3H3. The molecule has 0 bridgehead atoms. The zero-order chi connectivity index (χ0) is 11.5. The van der Waals surface area contributed by atoms with E-state index in [1.807, 2.05) is 12.1 Å². The van der Waals surface area contributed by atoms with Gasteiger partial charge < -0.3 is 20.4 Å². The van der Waals surface area contributed by atoms with Crippen molar-refractivity contribution >= 4 is 6.72 Å². The van der Waals surface area contributed by atoms with Crippen LogP contribution in [-0.4, -0.2) is 70.1 Å². The van der Waals surface area contributed by atoms with Gasteiger partial charge in [-0.1, -0.05) is 0 Å². The second-order valence-electron chi connectivity index (χ2n) is 3.58. The first-order valence-corrected chi connectivity index (χ1v) is 5.34. The smallest absolute Gasteiger partial charge is 0.0593 e. The van der Waals surface area contributed by atoms with Gasteiger partial charge in [-0.05, 0) is 20.0 Å². The summed E-state index contributed by atoms with van der Waals surface area (Å²) in [5.41, 5.74) is 5.31. The van der Waals surface area contributed by atoms with Crippen LogP contribution in [0.5, 0.6) is 0 Å². The normalized spacial score (nSPS) is 10.7. The summed E-state index contributed by atoms with van der Waals surface area (Å²) in [5, 5.41) is 5.64. The lowest BCUT2D eigenvalue weighted by Crippen LogP contribution is -2.27. The molecule has 0 rings (SSSR count). The van der Waals surface area contributed by atoms with Gasteiger partial charge in [-0.3, -0.25) is 0 Å². The number of nitrogens with zero attached hydrogens (tertiary/aromatic N) is 3. The minimum Gasteiger partial charge on any atom is -0.379 e. The van der Waals surface area contributed by atoms with Crippen molar-refractivity contribution in [3.63, 3.8) is 0 Å². The summed E-state index contributed by atoms with van der Waals surface area (Å²) in [6, 6.07) is 0. The molecule has 0 aliphatic heterocycles. The molecule has 0 aromatic rings. The van der Waals surface area contributed by atoms with Crippen LogP contribution in [0, 0.1) is 0 Å². The van der Waals surface area contributed by atoms with E-state index < -0.39 is 0 Å². The van der Waals surface area contributed by atoms with Crippen molar-refractivity contribution in [2.24, 2.45) is 10.8 Å². The van der Waals surface area contributed by atoms with E-state index in [1.165, 1.54) is 0 Å². The van der Waals surface area contributed by atoms with E-state index >= 15 is 0 Å². The third-order valence-corrected chi connectivity index (χ3v) is 2.14. The number of hydrogen-bond acceptors (Lipinski definition) is 5. The van der Waals surface area contributed by atoms with Crippen LogP contribution in [-0.2, 0) is 4.74 Å². The Labute approximate surface area is 92.9 Å². The summed E-state index contributed by atoms with van der Waals surface area (Å²) in [5.74, 6) is 0. The van der Waals surface area contributed by atoms with Crippen molar-refractivity contribution < 1.29 is 4.74 Å². The van der Waals surface area contributed by atoms with Crippen molar-refractivity contribution in [3.8, 4) is 0 Å². The van der Waals surface area contributed by atoms with Crippen LogP contribution in [0.4, 0.5) is 0 Å². The first kappa shape index (κ1) is 14.3. The SMILES string of the molecule is C=NN(C)CCCN(C)CCOCCN. The lowest BCUT2D eigenvalue weighted by atomic mass is 10.4. The number of ether oxygens (including phenoxy) is 1. The lowest BCUT2D eigenvalue weighted by molar-refractivity contribution is 0.116. The molecule has 2 N–H and O–H groups in total. The highest BCUT2D eigenvalue weighted by molar-refractivity contribution is 5.22. The molecule has 0 amide bonds. The van der Waals surface area contributed by atoms with Crippen molar-refractivity contribution in [2.75, 3.05) is 53.5 Å². The highest BCUT2D eigenvalue weighted by Crippen LogP contribution is 1.91. The van der Waals surface area contributed by atoms with Gasteiger partial charge >= 0.3 is 0 Å². The molecule has 0 radical (unpaired) electrons. The fourth-order valence-electron chi connectivity index (χ4n) is 1.16. The minimum absolute atomic E-state index is 0.597. The molecule has 0 heterocycles. The van der Waals surface area contributed by atoms with Crippen molar-refractivity contribution in [2.45, 2.75) is 6.42 Å². The summed E-state index contributed by atoms with van der Waals surface area (Å²) in [6.45, 7) is 8.40. The number of nitrogens with two attached hydrogens (primary N) is 1. The number of likely N-dealkylation sites (N-methyl/N-ethyl adjacent to an activating group) is 1. The molecule has 90 valence electrons. The molecule has 5 nitrogen and oxygen atoms in total. The van der Waals surface area contributed by atoms with Gasteiger partial charge in [-0.2, -0.15) is 5.10 Å². The van der Waals surface area contributed by atoms with Crippen molar-refractivity contribution in [1.82, 2.24) is 9.91 Å². The Bertz CT molecular complexity index is 154. The van der Waals surface area contributed by atoms with E-state index in [0.29, 0.717) is 13.2 Å². The molecule has 0 atom stereocenters. The van der Waals surface area contributed by atoms with Gasteiger partial charge in [0.05, 0.1) is 13.2 Å². The first-order valence-electron chi connectivity index (χ1n) is 5.34. The highest BCUT2D eigenvalue weighted by Gasteiger charge is 1.99. The maximum atomic E-state index is 5.31. The molecule has 0 fully saturated rings. The lowest BCUT2D eigenvalue weighted by Gasteiger charge is -2.18. The molecule has 0 aromatic carbocycles. The zero-order valence-corrected chi connectivity index (χ0v) is 9.98. The molecular weight excluding hydrogens is 192 g/mol. The fourth-order valence-corrected chi connectivity index (χ4v) is 1.16. The third-order valence-electron chi connectivity index (χ3n) is 2.14. The number of hydrazone groups is 1. The van der Waals surface area contributed by atoms with Gasteiger partial charge in [-0.25, -0.2) is 0 Å². The van der Waals surface area contributed by atoms with Crippen LogP contribution < -0.4 is 5.73 Å². The summed E-state index contributed by atoms with van der Waals surface area (Å²) in [7, 11) is 4.02. The zero-order valence-electron chi connectivity index (χ0n) is 9.98. The summed E-state index contributed by atoms with van der Waals surface area (Å²) in [6.07, 6.45) is 1.09. The molecule has 0 spiro atoms. The van der Waals surface area contributed by atoms with Gasteiger partial charge in [0.2, 0.25) is 0 Å². The van der Waals surface area contributed by atoms with E-state index in [2.05, 4.69) is 23.8 Å². The molecule has 0 unspecified atom stereocenters. The van der Waals surface area contributed by atoms with Crippen LogP contribution in [0.3, 0.4) is 0 Å². The topological polar surface area (TPSA) is 54.1 Å². The van der Waals surface area contributed by atoms with Crippen molar-refractivity contribution in [3.05, 3.63) is 0 Å². The average molecular weight is 216 g/mol. The fraction of sp³-hybridized carbons (Fsp3) is 0.900. The van der Waals surface area contributed by atoms with E-state index in [0.717, 1.165) is 32.7 Å². The monoisotopic (exact) mass is 216 g/mol. The predicted molar refractivity (Wildman–Crippen MR) is 64.2 cm³/mol. The van der Waals surface area contributed by atoms with Gasteiger partial charge in [0, 0.05) is 33.4 Å². The summed E-state index contributed by atoms with van der Waals surface area (Å²) in [4.78, 5) is 2.24. The molecule has 0 aliphatic rings. The predicted octanol–water partition coefficient (Wildman–Crippen LogP) is -0.169. The second kappa shape index (κ2) is 9.89. The van der Waals surface area contributed by atoms with Gasteiger partial charge in [0.15, 0.2) is 0 Å². The Morgan fingerprint density at radius 2 is 1.93 bits per heavy atom. The molecule has 5 heteroatoms. The van der Waals surface area contributed by atoms with Crippen LogP contribution in [0.15, 0.2) is 5.10 Å². The maximum Gasteiger partial charge on any atom is 0.0593 e. The van der Waals surface area contributed by atoms with Gasteiger partial charge in [0.25, 0.3) is 0 Å². The van der Waals surface area contributed by atoms with Crippen LogP contribution >= 0.6 is 0 Å². The largest absolute Gasteiger partial charge is 0.379 e. The quantitative estimate of drug-likeness (QED) is 0.313. The first-order chi connectivity index (χ1) is 7.20. The van der Waals surface area contributed by atoms with Crippen LogP contribution in [0.2, 0.25) is 0 Å². The maximum absolute atomic E-state index is 5.31. The Kier molecular flexibility index (Phi) is 9.46. The highest BCUT2D eigenvalue weighted by atomic mass is 16.5. The van der Waals surface area contributed by atoms with Crippen LogP contribution in [0.25, 0.3) is 0 Å². The average Bonchev–Trinajstić information content (AvgIpc) is 2.24. The Hall–Kier alpha value is -0.650. The number of hydrogen-bond donors (Lipinski definition) is 1. The molecular formula is C10H24N4O. The molecule has 0 aliphatic carbocycles. The Morgan fingerprint density at radius 1 is 1.20 bits per heavy atom. The second-order valence-corrected chi connectivity index (χ2v) is 3.58. The van der Waals surface area contributed by atoms with E-state index in [9.17, 15) is 0 Å². The summed E-state index contributed by atoms with van der Waals surface area (Å²) >= 11 is 0. The van der Waals surface area contributed by atoms with E-state index in [4.69, 9.17) is 10.5 Å². The summed E-state index contributed by atoms with van der Waals surface area (Å²) < 4.78 is 5.30. The molecule has 0 aromatic heterocycles. The number of rotatable bonds is 10. The van der Waals surface area contributed by atoms with E-state index in [1.54, 1.807) is 0 Å². The Balaban J connectivity index is 3.25. The molecule has 0 saturated carbocycles.